The molecule has 7 nitrogen and oxygen atoms in total. The van der Waals surface area contributed by atoms with Gasteiger partial charge in [-0.25, -0.2) is 9.97 Å². The molecule has 0 fully saturated rings. The van der Waals surface area contributed by atoms with E-state index in [9.17, 15) is 0 Å². The quantitative estimate of drug-likeness (QED) is 0.351. The van der Waals surface area contributed by atoms with Crippen LogP contribution in [0.3, 0.4) is 0 Å². The van der Waals surface area contributed by atoms with E-state index in [-0.39, 0.29) is 0 Å². The molecule has 0 bridgehead atoms. The minimum absolute atomic E-state index is 0.593. The molecule has 0 atom stereocenters. The summed E-state index contributed by atoms with van der Waals surface area (Å²) in [6.45, 7) is 0. The van der Waals surface area contributed by atoms with Gasteiger partial charge in [0.15, 0.2) is 11.6 Å². The van der Waals surface area contributed by atoms with Crippen LogP contribution < -0.4 is 24.2 Å². The average molecular weight is 435 g/mol. The first-order chi connectivity index (χ1) is 15.2. The maximum atomic E-state index is 5.37. The third-order valence-electron chi connectivity index (χ3n) is 4.51. The van der Waals surface area contributed by atoms with Crippen LogP contribution in [0.4, 0.5) is 17.3 Å². The number of aromatic nitrogens is 2. The summed E-state index contributed by atoms with van der Waals surface area (Å²) in [4.78, 5) is 10.5. The number of nitrogens with zero attached hydrogens (tertiary/aromatic N) is 2. The van der Waals surface area contributed by atoms with Gasteiger partial charge in [0.2, 0.25) is 0 Å². The minimum Gasteiger partial charge on any atom is -0.497 e. The number of nitrogens with one attached hydrogen (secondary N) is 2. The van der Waals surface area contributed by atoms with Crippen molar-refractivity contribution >= 4 is 40.3 Å². The van der Waals surface area contributed by atoms with Crippen molar-refractivity contribution < 1.29 is 14.2 Å². The van der Waals surface area contributed by atoms with Crippen molar-refractivity contribution in [3.8, 4) is 17.2 Å². The molecule has 0 aliphatic carbocycles. The Balaban J connectivity index is 1.66. The van der Waals surface area contributed by atoms with Gasteiger partial charge in [0.25, 0.3) is 0 Å². The largest absolute Gasteiger partial charge is 0.497 e. The van der Waals surface area contributed by atoms with Crippen LogP contribution in [-0.4, -0.2) is 31.3 Å². The number of hydrogen-bond donors (Lipinski definition) is 2. The zero-order valence-electron chi connectivity index (χ0n) is 17.4. The lowest BCUT2D eigenvalue weighted by Crippen LogP contribution is -2.02. The number of methoxy groups -OCH3 is 3. The van der Waals surface area contributed by atoms with Crippen LogP contribution in [0, 0.1) is 0 Å². The number of anilines is 3. The molecule has 1 heterocycles. The van der Waals surface area contributed by atoms with E-state index in [1.54, 1.807) is 21.3 Å². The molecular formula is C23H22N4O3S. The number of rotatable bonds is 8. The number of ether oxygens (including phenoxy) is 3. The number of fused-ring (bicyclic) bond motifs is 1. The monoisotopic (exact) mass is 434 g/mol. The molecule has 0 aliphatic rings. The number of para-hydroxylation sites is 2. The standard InChI is InChI=1S/C23H22N4O3S/c1-28-16-8-10-19(11-9-16)31-27-23-22(25-20-6-4-5-7-21(20)26-23)24-15-12-17(29-2)14-18(13-15)30-3/h4-14H,1-3H3,(H,24,25)(H,26,27). The third-order valence-corrected chi connectivity index (χ3v) is 5.31. The van der Waals surface area contributed by atoms with E-state index < -0.39 is 0 Å². The maximum Gasteiger partial charge on any atom is 0.180 e. The fourth-order valence-corrected chi connectivity index (χ4v) is 3.55. The molecule has 1 aromatic heterocycles. The Morgan fingerprint density at radius 2 is 1.26 bits per heavy atom. The van der Waals surface area contributed by atoms with E-state index in [4.69, 9.17) is 24.2 Å². The van der Waals surface area contributed by atoms with E-state index in [2.05, 4.69) is 10.0 Å². The van der Waals surface area contributed by atoms with Gasteiger partial charge in [0, 0.05) is 28.8 Å². The Bertz CT molecular complexity index is 1160. The van der Waals surface area contributed by atoms with Crippen molar-refractivity contribution in [1.82, 2.24) is 9.97 Å². The van der Waals surface area contributed by atoms with Gasteiger partial charge in [-0.1, -0.05) is 12.1 Å². The molecule has 0 saturated carbocycles. The molecule has 4 aromatic rings. The van der Waals surface area contributed by atoms with Gasteiger partial charge in [-0.05, 0) is 48.3 Å². The molecule has 0 amide bonds. The average Bonchev–Trinajstić information content (AvgIpc) is 2.82. The van der Waals surface area contributed by atoms with Gasteiger partial charge in [-0.2, -0.15) is 0 Å². The zero-order valence-corrected chi connectivity index (χ0v) is 18.2. The van der Waals surface area contributed by atoms with Gasteiger partial charge < -0.3 is 24.2 Å². The molecular weight excluding hydrogens is 412 g/mol. The molecule has 0 saturated heterocycles. The molecule has 158 valence electrons. The van der Waals surface area contributed by atoms with E-state index in [1.165, 1.54) is 11.9 Å². The Morgan fingerprint density at radius 1 is 0.677 bits per heavy atom. The lowest BCUT2D eigenvalue weighted by molar-refractivity contribution is 0.395. The summed E-state index contributed by atoms with van der Waals surface area (Å²) in [5.41, 5.74) is 2.37. The SMILES string of the molecule is COc1ccc(SNc2nc3ccccc3nc2Nc2cc(OC)cc(OC)c2)cc1. The lowest BCUT2D eigenvalue weighted by atomic mass is 10.2. The highest BCUT2D eigenvalue weighted by molar-refractivity contribution is 8.00. The molecule has 8 heteroatoms. The van der Waals surface area contributed by atoms with Crippen molar-refractivity contribution in [1.29, 1.82) is 0 Å². The molecule has 0 aliphatic heterocycles. The van der Waals surface area contributed by atoms with Gasteiger partial charge >= 0.3 is 0 Å². The Morgan fingerprint density at radius 3 is 1.84 bits per heavy atom. The molecule has 0 radical (unpaired) electrons. The second-order valence-electron chi connectivity index (χ2n) is 6.52. The van der Waals surface area contributed by atoms with Crippen LogP contribution in [0.1, 0.15) is 0 Å². The highest BCUT2D eigenvalue weighted by Gasteiger charge is 2.11. The fourth-order valence-electron chi connectivity index (χ4n) is 2.93. The van der Waals surface area contributed by atoms with Crippen LogP contribution in [0.5, 0.6) is 17.2 Å². The summed E-state index contributed by atoms with van der Waals surface area (Å²) >= 11 is 1.44. The molecule has 4 rings (SSSR count). The summed E-state index contributed by atoms with van der Waals surface area (Å²) < 4.78 is 19.3. The molecule has 0 spiro atoms. The molecule has 2 N–H and O–H groups in total. The summed E-state index contributed by atoms with van der Waals surface area (Å²) in [7, 11) is 4.89. The second-order valence-corrected chi connectivity index (χ2v) is 7.40. The highest BCUT2D eigenvalue weighted by atomic mass is 32.2. The van der Waals surface area contributed by atoms with Crippen molar-refractivity contribution in [3.05, 3.63) is 66.7 Å². The van der Waals surface area contributed by atoms with Crippen LogP contribution >= 0.6 is 11.9 Å². The number of benzene rings is 3. The second kappa shape index (κ2) is 9.44. The van der Waals surface area contributed by atoms with Crippen LogP contribution in [0.2, 0.25) is 0 Å². The zero-order chi connectivity index (χ0) is 21.6. The van der Waals surface area contributed by atoms with Gasteiger partial charge in [-0.3, -0.25) is 0 Å². The summed E-state index contributed by atoms with van der Waals surface area (Å²) in [6.07, 6.45) is 0. The normalized spacial score (nSPS) is 10.5. The van der Waals surface area contributed by atoms with Gasteiger partial charge in [-0.15, -0.1) is 0 Å². The first-order valence-corrected chi connectivity index (χ1v) is 10.3. The molecule has 31 heavy (non-hydrogen) atoms. The van der Waals surface area contributed by atoms with Crippen LogP contribution in [0.15, 0.2) is 71.6 Å². The maximum absolute atomic E-state index is 5.37. The topological polar surface area (TPSA) is 77.5 Å². The smallest absolute Gasteiger partial charge is 0.180 e. The summed E-state index contributed by atoms with van der Waals surface area (Å²) in [5.74, 6) is 3.37. The first kappa shape index (κ1) is 20.6. The van der Waals surface area contributed by atoms with Crippen molar-refractivity contribution in [2.45, 2.75) is 4.90 Å². The Hall–Kier alpha value is -3.65. The summed E-state index contributed by atoms with van der Waals surface area (Å²) in [6, 6.07) is 21.1. The van der Waals surface area contributed by atoms with Crippen LogP contribution in [0.25, 0.3) is 11.0 Å². The van der Waals surface area contributed by atoms with Gasteiger partial charge in [0.05, 0.1) is 32.4 Å². The predicted octanol–water partition coefficient (Wildman–Crippen LogP) is 5.52. The number of hydrogen-bond acceptors (Lipinski definition) is 8. The Labute approximate surface area is 184 Å². The lowest BCUT2D eigenvalue weighted by Gasteiger charge is -2.14. The highest BCUT2D eigenvalue weighted by Crippen LogP contribution is 2.32. The minimum atomic E-state index is 0.593. The van der Waals surface area contributed by atoms with E-state index in [0.29, 0.717) is 23.1 Å². The third kappa shape index (κ3) is 4.92. The van der Waals surface area contributed by atoms with E-state index in [0.717, 1.165) is 27.4 Å². The Kier molecular flexibility index (Phi) is 6.28. The predicted molar refractivity (Wildman–Crippen MR) is 125 cm³/mol. The fraction of sp³-hybridized carbons (Fsp3) is 0.130. The van der Waals surface area contributed by atoms with E-state index in [1.807, 2.05) is 66.7 Å². The summed E-state index contributed by atoms with van der Waals surface area (Å²) in [5, 5.41) is 3.34. The van der Waals surface area contributed by atoms with E-state index >= 15 is 0 Å². The first-order valence-electron chi connectivity index (χ1n) is 9.52. The van der Waals surface area contributed by atoms with Crippen LogP contribution in [-0.2, 0) is 0 Å². The van der Waals surface area contributed by atoms with Gasteiger partial charge in [0.1, 0.15) is 17.2 Å². The molecule has 0 unspecified atom stereocenters. The molecule has 3 aromatic carbocycles. The van der Waals surface area contributed by atoms with Crippen molar-refractivity contribution in [2.75, 3.05) is 31.4 Å². The van der Waals surface area contributed by atoms with Crippen molar-refractivity contribution in [2.24, 2.45) is 0 Å². The van der Waals surface area contributed by atoms with Crippen molar-refractivity contribution in [3.63, 3.8) is 0 Å².